The van der Waals surface area contributed by atoms with E-state index in [-0.39, 0.29) is 23.5 Å². The van der Waals surface area contributed by atoms with Gasteiger partial charge in [-0.15, -0.1) is 0 Å². The summed E-state index contributed by atoms with van der Waals surface area (Å²) >= 11 is 5.96. The highest BCUT2D eigenvalue weighted by Gasteiger charge is 2.27. The van der Waals surface area contributed by atoms with Gasteiger partial charge in [-0.1, -0.05) is 55.8 Å². The third-order valence-corrected chi connectivity index (χ3v) is 6.54. The van der Waals surface area contributed by atoms with Crippen LogP contribution in [0.5, 0.6) is 0 Å². The van der Waals surface area contributed by atoms with Crippen molar-refractivity contribution in [2.24, 2.45) is 5.92 Å². The zero-order valence-corrected chi connectivity index (χ0v) is 19.8. The van der Waals surface area contributed by atoms with Gasteiger partial charge in [0.25, 0.3) is 0 Å². The zero-order chi connectivity index (χ0) is 23.6. The fourth-order valence-corrected chi connectivity index (χ4v) is 4.40. The maximum absolute atomic E-state index is 13.0. The predicted octanol–water partition coefficient (Wildman–Crippen LogP) is 5.27. The maximum atomic E-state index is 13.0. The van der Waals surface area contributed by atoms with Gasteiger partial charge in [0, 0.05) is 23.8 Å². The Balaban J connectivity index is 1.56. The van der Waals surface area contributed by atoms with Crippen molar-refractivity contribution in [2.75, 3.05) is 18.4 Å². The summed E-state index contributed by atoms with van der Waals surface area (Å²) in [4.78, 5) is 26.0. The van der Waals surface area contributed by atoms with E-state index in [2.05, 4.69) is 16.0 Å². The van der Waals surface area contributed by atoms with Crippen molar-refractivity contribution in [3.8, 4) is 0 Å². The number of halogens is 2. The lowest BCUT2D eigenvalue weighted by Gasteiger charge is -2.27. The van der Waals surface area contributed by atoms with Crippen LogP contribution in [0.1, 0.15) is 56.9 Å². The van der Waals surface area contributed by atoms with Crippen LogP contribution in [0, 0.1) is 11.7 Å². The number of hydrogen-bond acceptors (Lipinski definition) is 3. The van der Waals surface area contributed by atoms with Crippen LogP contribution in [0.15, 0.2) is 48.5 Å². The molecule has 0 bridgehead atoms. The molecular weight excluding hydrogens is 441 g/mol. The molecule has 3 rings (SSSR count). The Morgan fingerprint density at radius 2 is 1.64 bits per heavy atom. The summed E-state index contributed by atoms with van der Waals surface area (Å²) in [5, 5.41) is 9.71. The third kappa shape index (κ3) is 8.04. The summed E-state index contributed by atoms with van der Waals surface area (Å²) in [5.41, 5.74) is 1.65. The minimum absolute atomic E-state index is 0.168. The van der Waals surface area contributed by atoms with Gasteiger partial charge in [-0.3, -0.25) is 9.59 Å². The van der Waals surface area contributed by atoms with Crippen LogP contribution < -0.4 is 16.0 Å². The van der Waals surface area contributed by atoms with Crippen LogP contribution in [0.3, 0.4) is 0 Å². The largest absolute Gasteiger partial charge is 0.383 e. The molecule has 3 N–H and O–H groups in total. The first-order chi connectivity index (χ1) is 15.9. The second-order valence-corrected chi connectivity index (χ2v) is 9.24. The monoisotopic (exact) mass is 473 g/mol. The van der Waals surface area contributed by atoms with E-state index in [0.717, 1.165) is 24.1 Å². The highest BCUT2D eigenvalue weighted by Crippen LogP contribution is 2.28. The number of benzene rings is 2. The summed E-state index contributed by atoms with van der Waals surface area (Å²) in [6.45, 7) is 2.74. The molecule has 7 heteroatoms. The first-order valence-electron chi connectivity index (χ1n) is 11.8. The lowest BCUT2D eigenvalue weighted by Crippen LogP contribution is -2.49. The van der Waals surface area contributed by atoms with Gasteiger partial charge >= 0.3 is 0 Å². The zero-order valence-electron chi connectivity index (χ0n) is 19.1. The molecule has 0 aromatic heterocycles. The first-order valence-corrected chi connectivity index (χ1v) is 12.1. The molecule has 0 spiro atoms. The quantitative estimate of drug-likeness (QED) is 0.412. The molecule has 0 heterocycles. The number of rotatable bonds is 10. The molecule has 178 valence electrons. The Morgan fingerprint density at radius 1 is 0.970 bits per heavy atom. The van der Waals surface area contributed by atoms with Crippen molar-refractivity contribution in [1.29, 1.82) is 0 Å². The van der Waals surface area contributed by atoms with Gasteiger partial charge in [0.2, 0.25) is 11.8 Å². The van der Waals surface area contributed by atoms with E-state index in [1.54, 1.807) is 24.3 Å². The number of nitrogens with one attached hydrogen (secondary N) is 3. The van der Waals surface area contributed by atoms with Crippen molar-refractivity contribution in [3.05, 3.63) is 64.9 Å². The molecule has 0 aliphatic heterocycles. The van der Waals surface area contributed by atoms with Gasteiger partial charge in [-0.2, -0.15) is 0 Å². The number of hydrogen-bond donors (Lipinski definition) is 3. The summed E-state index contributed by atoms with van der Waals surface area (Å²) in [6, 6.07) is 12.7. The molecule has 1 unspecified atom stereocenters. The molecular formula is C26H33ClFN3O2. The second kappa shape index (κ2) is 12.6. The average molecular weight is 474 g/mol. The van der Waals surface area contributed by atoms with Crippen LogP contribution in [-0.4, -0.2) is 30.9 Å². The van der Waals surface area contributed by atoms with E-state index in [4.69, 9.17) is 11.6 Å². The van der Waals surface area contributed by atoms with Crippen LogP contribution in [0.2, 0.25) is 5.02 Å². The summed E-state index contributed by atoms with van der Waals surface area (Å²) < 4.78 is 13.0. The van der Waals surface area contributed by atoms with E-state index < -0.39 is 6.04 Å². The molecule has 1 aliphatic rings. The minimum atomic E-state index is -0.568. The Morgan fingerprint density at radius 3 is 2.30 bits per heavy atom. The van der Waals surface area contributed by atoms with Crippen LogP contribution in [0.25, 0.3) is 0 Å². The van der Waals surface area contributed by atoms with E-state index in [9.17, 15) is 14.0 Å². The minimum Gasteiger partial charge on any atom is -0.383 e. The molecule has 5 nitrogen and oxygen atoms in total. The molecule has 1 fully saturated rings. The van der Waals surface area contributed by atoms with Gasteiger partial charge in [0.05, 0.1) is 5.92 Å². The van der Waals surface area contributed by atoms with Crippen LogP contribution in [0.4, 0.5) is 10.1 Å². The molecule has 33 heavy (non-hydrogen) atoms. The Bertz CT molecular complexity index is 899. The van der Waals surface area contributed by atoms with Crippen LogP contribution >= 0.6 is 11.6 Å². The second-order valence-electron chi connectivity index (χ2n) is 8.80. The van der Waals surface area contributed by atoms with E-state index >= 15 is 0 Å². The van der Waals surface area contributed by atoms with Crippen molar-refractivity contribution < 1.29 is 14.0 Å². The Labute approximate surface area is 200 Å². The average Bonchev–Trinajstić information content (AvgIpc) is 2.83. The fourth-order valence-electron chi connectivity index (χ4n) is 4.27. The highest BCUT2D eigenvalue weighted by molar-refractivity contribution is 6.30. The van der Waals surface area contributed by atoms with Gasteiger partial charge in [-0.25, -0.2) is 4.39 Å². The standard InChI is InChI=1S/C26H33ClFN3O2/c1-18(20-7-9-21(27)10-8-20)25(32)31-24(17-19-5-3-2-4-6-19)26(33)30-16-15-29-23-13-11-22(28)12-14-23/h7-14,18-19,24,29H,2-6,15-17H2,1H3,(H,30,33)(H,31,32)/t18?,24-/m0/s1. The Kier molecular flexibility index (Phi) is 9.55. The molecule has 2 atom stereocenters. The van der Waals surface area contributed by atoms with E-state index in [0.29, 0.717) is 30.5 Å². The summed E-state index contributed by atoms with van der Waals surface area (Å²) in [6.07, 6.45) is 6.43. The van der Waals surface area contributed by atoms with Crippen molar-refractivity contribution in [2.45, 2.75) is 57.4 Å². The van der Waals surface area contributed by atoms with Crippen molar-refractivity contribution in [3.63, 3.8) is 0 Å². The van der Waals surface area contributed by atoms with Gasteiger partial charge in [0.1, 0.15) is 11.9 Å². The first kappa shape index (κ1) is 25.0. The van der Waals surface area contributed by atoms with E-state index in [1.807, 2.05) is 19.1 Å². The van der Waals surface area contributed by atoms with Crippen LogP contribution in [-0.2, 0) is 9.59 Å². The highest BCUT2D eigenvalue weighted by atomic mass is 35.5. The third-order valence-electron chi connectivity index (χ3n) is 6.29. The number of amides is 2. The summed E-state index contributed by atoms with van der Waals surface area (Å²) in [7, 11) is 0. The molecule has 2 aromatic rings. The van der Waals surface area contributed by atoms with Crippen molar-refractivity contribution >= 4 is 29.1 Å². The fraction of sp³-hybridized carbons (Fsp3) is 0.462. The summed E-state index contributed by atoms with van der Waals surface area (Å²) in [5.74, 6) is -0.569. The molecule has 2 aromatic carbocycles. The smallest absolute Gasteiger partial charge is 0.242 e. The number of carbonyl (C=O) groups is 2. The molecule has 1 aliphatic carbocycles. The van der Waals surface area contributed by atoms with Gasteiger partial charge in [-0.05, 0) is 61.2 Å². The molecule has 2 amide bonds. The Hall–Kier alpha value is -2.60. The maximum Gasteiger partial charge on any atom is 0.242 e. The van der Waals surface area contributed by atoms with Gasteiger partial charge < -0.3 is 16.0 Å². The lowest BCUT2D eigenvalue weighted by molar-refractivity contribution is -0.130. The van der Waals surface area contributed by atoms with E-state index in [1.165, 1.54) is 31.4 Å². The molecule has 0 saturated heterocycles. The number of carbonyl (C=O) groups excluding carboxylic acids is 2. The number of anilines is 1. The van der Waals surface area contributed by atoms with Gasteiger partial charge in [0.15, 0.2) is 0 Å². The topological polar surface area (TPSA) is 70.2 Å². The SMILES string of the molecule is CC(C(=O)N[C@@H](CC1CCCCC1)C(=O)NCCNc1ccc(F)cc1)c1ccc(Cl)cc1. The normalized spacial score (nSPS) is 16.0. The lowest BCUT2D eigenvalue weighted by atomic mass is 9.84. The van der Waals surface area contributed by atoms with Crippen molar-refractivity contribution in [1.82, 2.24) is 10.6 Å². The molecule has 0 radical (unpaired) electrons. The predicted molar refractivity (Wildman–Crippen MR) is 131 cm³/mol. The molecule has 1 saturated carbocycles.